The summed E-state index contributed by atoms with van der Waals surface area (Å²) in [5.41, 5.74) is 1.86. The minimum Gasteiger partial charge on any atom is -0.480 e. The predicted molar refractivity (Wildman–Crippen MR) is 85.6 cm³/mol. The van der Waals surface area contributed by atoms with Crippen LogP contribution in [0.15, 0.2) is 30.5 Å². The average Bonchev–Trinajstić information content (AvgIpc) is 2.90. The van der Waals surface area contributed by atoms with E-state index in [2.05, 4.69) is 10.3 Å². The van der Waals surface area contributed by atoms with Crippen LogP contribution < -0.4 is 5.32 Å². The van der Waals surface area contributed by atoms with Crippen molar-refractivity contribution in [2.45, 2.75) is 39.2 Å². The number of hydrogen-bond donors (Lipinski definition) is 3. The zero-order valence-corrected chi connectivity index (χ0v) is 12.9. The normalized spacial score (nSPS) is 13.7. The molecule has 0 aliphatic carbocycles. The second-order valence-corrected chi connectivity index (χ2v) is 5.65. The largest absolute Gasteiger partial charge is 0.480 e. The van der Waals surface area contributed by atoms with E-state index in [0.29, 0.717) is 0 Å². The number of carboxylic acids is 1. The van der Waals surface area contributed by atoms with Crippen molar-refractivity contribution >= 4 is 22.8 Å². The van der Waals surface area contributed by atoms with Gasteiger partial charge < -0.3 is 15.4 Å². The standard InChI is InChI=1S/C17H22N2O3/c1-3-6-11(2)16(20)19-15(17(21)22)9-12-10-18-14-8-5-4-7-13(12)14/h4-5,7-8,10-11,15,18H,3,6,9H2,1-2H3,(H,19,20)(H,21,22). The maximum atomic E-state index is 12.1. The first-order chi connectivity index (χ1) is 10.5. The maximum absolute atomic E-state index is 12.1. The number of carbonyl (C=O) groups is 2. The molecule has 1 aromatic carbocycles. The van der Waals surface area contributed by atoms with E-state index in [1.165, 1.54) is 0 Å². The number of amides is 1. The Hall–Kier alpha value is -2.30. The van der Waals surface area contributed by atoms with E-state index >= 15 is 0 Å². The highest BCUT2D eigenvalue weighted by Gasteiger charge is 2.23. The number of hydrogen-bond acceptors (Lipinski definition) is 2. The van der Waals surface area contributed by atoms with Crippen molar-refractivity contribution in [3.63, 3.8) is 0 Å². The van der Waals surface area contributed by atoms with Gasteiger partial charge in [0, 0.05) is 29.4 Å². The SMILES string of the molecule is CCCC(C)C(=O)NC(Cc1c[nH]c2ccccc12)C(=O)O. The van der Waals surface area contributed by atoms with Crippen LogP contribution >= 0.6 is 0 Å². The molecule has 22 heavy (non-hydrogen) atoms. The Kier molecular flexibility index (Phi) is 5.20. The second kappa shape index (κ2) is 7.11. The number of fused-ring (bicyclic) bond motifs is 1. The Balaban J connectivity index is 2.12. The highest BCUT2D eigenvalue weighted by atomic mass is 16.4. The number of carbonyl (C=O) groups excluding carboxylic acids is 1. The molecular weight excluding hydrogens is 280 g/mol. The van der Waals surface area contributed by atoms with Gasteiger partial charge in [-0.25, -0.2) is 4.79 Å². The summed E-state index contributed by atoms with van der Waals surface area (Å²) >= 11 is 0. The van der Waals surface area contributed by atoms with Crippen LogP contribution in [0, 0.1) is 5.92 Å². The first-order valence-electron chi connectivity index (χ1n) is 7.61. The van der Waals surface area contributed by atoms with E-state index in [-0.39, 0.29) is 18.2 Å². The van der Waals surface area contributed by atoms with Crippen molar-refractivity contribution in [1.29, 1.82) is 0 Å². The maximum Gasteiger partial charge on any atom is 0.326 e. The highest BCUT2D eigenvalue weighted by molar-refractivity contribution is 5.87. The predicted octanol–water partition coefficient (Wildman–Crippen LogP) is 2.72. The number of rotatable bonds is 7. The summed E-state index contributed by atoms with van der Waals surface area (Å²) in [4.78, 5) is 26.6. The monoisotopic (exact) mass is 302 g/mol. The fourth-order valence-corrected chi connectivity index (χ4v) is 2.60. The van der Waals surface area contributed by atoms with Gasteiger partial charge in [0.2, 0.25) is 5.91 Å². The van der Waals surface area contributed by atoms with Gasteiger partial charge in [-0.3, -0.25) is 4.79 Å². The molecule has 0 radical (unpaired) electrons. The molecule has 2 rings (SSSR count). The molecular formula is C17H22N2O3. The zero-order chi connectivity index (χ0) is 16.1. The van der Waals surface area contributed by atoms with Gasteiger partial charge in [0.05, 0.1) is 0 Å². The summed E-state index contributed by atoms with van der Waals surface area (Å²) in [6.07, 6.45) is 3.73. The Labute approximate surface area is 129 Å². The van der Waals surface area contributed by atoms with Gasteiger partial charge in [0.15, 0.2) is 0 Å². The molecule has 1 aromatic heterocycles. The molecule has 1 heterocycles. The number of H-pyrrole nitrogens is 1. The second-order valence-electron chi connectivity index (χ2n) is 5.65. The first kappa shape index (κ1) is 16.1. The van der Waals surface area contributed by atoms with Crippen molar-refractivity contribution in [1.82, 2.24) is 10.3 Å². The molecule has 0 bridgehead atoms. The van der Waals surface area contributed by atoms with Crippen molar-refractivity contribution in [2.75, 3.05) is 0 Å². The lowest BCUT2D eigenvalue weighted by atomic mass is 10.0. The molecule has 2 atom stereocenters. The molecule has 2 aromatic rings. The van der Waals surface area contributed by atoms with Gasteiger partial charge in [-0.15, -0.1) is 0 Å². The topological polar surface area (TPSA) is 82.2 Å². The third-order valence-electron chi connectivity index (χ3n) is 3.88. The van der Waals surface area contributed by atoms with Crippen LogP contribution in [0.1, 0.15) is 32.3 Å². The number of aromatic nitrogens is 1. The minimum absolute atomic E-state index is 0.171. The van der Waals surface area contributed by atoms with E-state index in [9.17, 15) is 14.7 Å². The molecule has 2 unspecified atom stereocenters. The van der Waals surface area contributed by atoms with Crippen LogP contribution in [0.25, 0.3) is 10.9 Å². The van der Waals surface area contributed by atoms with Crippen molar-refractivity contribution in [3.05, 3.63) is 36.0 Å². The Morgan fingerprint density at radius 2 is 2.05 bits per heavy atom. The summed E-state index contributed by atoms with van der Waals surface area (Å²) in [5, 5.41) is 13.0. The summed E-state index contributed by atoms with van der Waals surface area (Å²) in [6, 6.07) is 6.81. The summed E-state index contributed by atoms with van der Waals surface area (Å²) < 4.78 is 0. The van der Waals surface area contributed by atoms with Crippen LogP contribution in [0.2, 0.25) is 0 Å². The molecule has 0 spiro atoms. The molecule has 0 saturated heterocycles. The van der Waals surface area contributed by atoms with Crippen LogP contribution in [0.4, 0.5) is 0 Å². The zero-order valence-electron chi connectivity index (χ0n) is 12.9. The lowest BCUT2D eigenvalue weighted by molar-refractivity contribution is -0.142. The number of aromatic amines is 1. The molecule has 5 nitrogen and oxygen atoms in total. The molecule has 5 heteroatoms. The molecule has 0 aliphatic heterocycles. The Bertz CT molecular complexity index is 663. The number of para-hydroxylation sites is 1. The van der Waals surface area contributed by atoms with Crippen LogP contribution in [-0.2, 0) is 16.0 Å². The van der Waals surface area contributed by atoms with Crippen LogP contribution in [-0.4, -0.2) is 28.0 Å². The molecule has 118 valence electrons. The Morgan fingerprint density at radius 1 is 1.32 bits per heavy atom. The van der Waals surface area contributed by atoms with Gasteiger partial charge >= 0.3 is 5.97 Å². The lowest BCUT2D eigenvalue weighted by Crippen LogP contribution is -2.44. The number of nitrogens with one attached hydrogen (secondary N) is 2. The number of benzene rings is 1. The van der Waals surface area contributed by atoms with Crippen LogP contribution in [0.5, 0.6) is 0 Å². The van der Waals surface area contributed by atoms with Gasteiger partial charge in [0.1, 0.15) is 6.04 Å². The number of aliphatic carboxylic acids is 1. The molecule has 0 fully saturated rings. The van der Waals surface area contributed by atoms with Gasteiger partial charge in [-0.05, 0) is 18.1 Å². The summed E-state index contributed by atoms with van der Waals surface area (Å²) in [5.74, 6) is -1.38. The summed E-state index contributed by atoms with van der Waals surface area (Å²) in [6.45, 7) is 3.83. The van der Waals surface area contributed by atoms with E-state index in [4.69, 9.17) is 0 Å². The quantitative estimate of drug-likeness (QED) is 0.735. The van der Waals surface area contributed by atoms with Crippen LogP contribution in [0.3, 0.4) is 0 Å². The summed E-state index contributed by atoms with van der Waals surface area (Å²) in [7, 11) is 0. The smallest absolute Gasteiger partial charge is 0.326 e. The van der Waals surface area contributed by atoms with Gasteiger partial charge in [-0.1, -0.05) is 38.5 Å². The molecule has 3 N–H and O–H groups in total. The first-order valence-corrected chi connectivity index (χ1v) is 7.61. The van der Waals surface area contributed by atoms with E-state index in [1.807, 2.05) is 44.3 Å². The lowest BCUT2D eigenvalue weighted by Gasteiger charge is -2.17. The minimum atomic E-state index is -1.01. The van der Waals surface area contributed by atoms with Crippen molar-refractivity contribution < 1.29 is 14.7 Å². The van der Waals surface area contributed by atoms with Crippen molar-refractivity contribution in [2.24, 2.45) is 5.92 Å². The van der Waals surface area contributed by atoms with Gasteiger partial charge in [0.25, 0.3) is 0 Å². The molecule has 0 aliphatic rings. The number of carboxylic acid groups (broad SMARTS) is 1. The third kappa shape index (κ3) is 3.67. The van der Waals surface area contributed by atoms with Gasteiger partial charge in [-0.2, -0.15) is 0 Å². The average molecular weight is 302 g/mol. The van der Waals surface area contributed by atoms with Crippen molar-refractivity contribution in [3.8, 4) is 0 Å². The third-order valence-corrected chi connectivity index (χ3v) is 3.88. The fraction of sp³-hybridized carbons (Fsp3) is 0.412. The highest BCUT2D eigenvalue weighted by Crippen LogP contribution is 2.19. The fourth-order valence-electron chi connectivity index (χ4n) is 2.60. The Morgan fingerprint density at radius 3 is 2.73 bits per heavy atom. The molecule has 1 amide bonds. The van der Waals surface area contributed by atoms with E-state index in [0.717, 1.165) is 29.3 Å². The van der Waals surface area contributed by atoms with E-state index in [1.54, 1.807) is 0 Å². The molecule has 0 saturated carbocycles. The van der Waals surface area contributed by atoms with E-state index < -0.39 is 12.0 Å².